The number of hydrogen-bond acceptors (Lipinski definition) is 6. The Morgan fingerprint density at radius 2 is 1.90 bits per heavy atom. The molecule has 3 N–H and O–H groups in total. The highest BCUT2D eigenvalue weighted by molar-refractivity contribution is 5.95. The third-order valence-electron chi connectivity index (χ3n) is 4.96. The fourth-order valence-electron chi connectivity index (χ4n) is 3.31. The van der Waals surface area contributed by atoms with Gasteiger partial charge in [0.25, 0.3) is 17.4 Å². The van der Waals surface area contributed by atoms with Crippen LogP contribution in [0.2, 0.25) is 0 Å². The van der Waals surface area contributed by atoms with E-state index in [1.54, 1.807) is 0 Å². The predicted molar refractivity (Wildman–Crippen MR) is 98.6 cm³/mol. The molecule has 3 rings (SSSR count). The Bertz CT molecular complexity index is 1050. The van der Waals surface area contributed by atoms with Crippen LogP contribution in [0.4, 0.5) is 13.2 Å². The lowest BCUT2D eigenvalue weighted by atomic mass is 9.90. The summed E-state index contributed by atoms with van der Waals surface area (Å²) in [5.41, 5.74) is -3.26. The second kappa shape index (κ2) is 7.56. The molecule has 1 fully saturated rings. The monoisotopic (exact) mass is 424 g/mol. The van der Waals surface area contributed by atoms with Crippen LogP contribution in [0.25, 0.3) is 0 Å². The third kappa shape index (κ3) is 3.92. The number of hydrogen-bond donors (Lipinski definition) is 3. The van der Waals surface area contributed by atoms with Crippen molar-refractivity contribution < 1.29 is 27.9 Å². The summed E-state index contributed by atoms with van der Waals surface area (Å²) in [5, 5.41) is 12.4. The van der Waals surface area contributed by atoms with Crippen LogP contribution in [0.3, 0.4) is 0 Å². The molecule has 1 aliphatic rings. The number of Topliss-reactive ketones (excluding diaryl/α,β-unsaturated/α-hetero) is 1. The Morgan fingerprint density at radius 1 is 1.27 bits per heavy atom. The zero-order chi connectivity index (χ0) is 22.3. The molecule has 0 spiro atoms. The summed E-state index contributed by atoms with van der Waals surface area (Å²) in [6.45, 7) is 0.241. The summed E-state index contributed by atoms with van der Waals surface area (Å²) in [6.07, 6.45) is -0.956. The molecule has 0 aliphatic carbocycles. The number of rotatable bonds is 5. The van der Waals surface area contributed by atoms with Gasteiger partial charge in [0, 0.05) is 20.0 Å². The van der Waals surface area contributed by atoms with Crippen LogP contribution in [0.5, 0.6) is 5.75 Å². The van der Waals surface area contributed by atoms with E-state index >= 15 is 0 Å². The number of nitrogens with one attached hydrogen (secondary N) is 2. The number of alkyl halides is 2. The summed E-state index contributed by atoms with van der Waals surface area (Å²) in [4.78, 5) is 44.3. The molecule has 1 aromatic carbocycles. The second-order valence-corrected chi connectivity index (χ2v) is 7.25. The van der Waals surface area contributed by atoms with Gasteiger partial charge < -0.3 is 15.0 Å². The van der Waals surface area contributed by atoms with Gasteiger partial charge >= 0.3 is 0 Å². The second-order valence-electron chi connectivity index (χ2n) is 7.25. The minimum atomic E-state index is -3.23. The number of aromatic hydroxyl groups is 1. The Kier molecular flexibility index (Phi) is 5.42. The summed E-state index contributed by atoms with van der Waals surface area (Å²) in [7, 11) is 1.36. The highest BCUT2D eigenvalue weighted by Gasteiger charge is 2.55. The van der Waals surface area contributed by atoms with Crippen LogP contribution >= 0.6 is 0 Å². The van der Waals surface area contributed by atoms with E-state index in [1.165, 1.54) is 31.3 Å². The Labute approximate surface area is 168 Å². The molecule has 11 heteroatoms. The number of halogens is 3. The number of H-pyrrole nitrogens is 1. The quantitative estimate of drug-likeness (QED) is 0.667. The molecule has 1 aromatic heterocycles. The number of benzene rings is 1. The van der Waals surface area contributed by atoms with Crippen molar-refractivity contribution in [2.45, 2.75) is 31.4 Å². The van der Waals surface area contributed by atoms with Gasteiger partial charge in [-0.25, -0.2) is 18.2 Å². The zero-order valence-electron chi connectivity index (χ0n) is 16.1. The molecular formula is C19H19F3N4O4. The number of aromatic amines is 1. The standard InChI is InChI=1S/C19H19F3N4O4/c1-10(27)19(8-18(21,22)9-23-19)17-24-13(14(28)15(29)25-17)16(30)26(2)7-11-3-5-12(20)6-4-11/h3-6,23,28H,7-9H2,1-2H3,(H,24,25,29)/t19-/m1/s1. The molecule has 1 atom stereocenters. The first-order valence-electron chi connectivity index (χ1n) is 8.93. The van der Waals surface area contributed by atoms with E-state index in [2.05, 4.69) is 15.3 Å². The number of nitrogens with zero attached hydrogens (tertiary/aromatic N) is 2. The molecule has 30 heavy (non-hydrogen) atoms. The van der Waals surface area contributed by atoms with E-state index in [1.807, 2.05) is 0 Å². The average Bonchev–Trinajstić information content (AvgIpc) is 3.02. The molecule has 0 saturated carbocycles. The van der Waals surface area contributed by atoms with Gasteiger partial charge in [-0.15, -0.1) is 0 Å². The number of amides is 1. The van der Waals surface area contributed by atoms with Crippen molar-refractivity contribution >= 4 is 11.7 Å². The van der Waals surface area contributed by atoms with Crippen molar-refractivity contribution in [3.8, 4) is 5.75 Å². The molecule has 0 unspecified atom stereocenters. The lowest BCUT2D eigenvalue weighted by Crippen LogP contribution is -2.46. The first-order valence-corrected chi connectivity index (χ1v) is 8.93. The van der Waals surface area contributed by atoms with Crippen molar-refractivity contribution in [3.63, 3.8) is 0 Å². The maximum atomic E-state index is 13.8. The predicted octanol–water partition coefficient (Wildman–Crippen LogP) is 1.30. The van der Waals surface area contributed by atoms with Crippen molar-refractivity contribution in [1.82, 2.24) is 20.2 Å². The molecule has 0 bridgehead atoms. The van der Waals surface area contributed by atoms with Crippen molar-refractivity contribution in [2.75, 3.05) is 13.6 Å². The van der Waals surface area contributed by atoms with Gasteiger partial charge in [-0.2, -0.15) is 0 Å². The van der Waals surface area contributed by atoms with Crippen LogP contribution in [-0.2, 0) is 16.9 Å². The first kappa shape index (κ1) is 21.5. The molecule has 8 nitrogen and oxygen atoms in total. The van der Waals surface area contributed by atoms with Crippen LogP contribution in [0.15, 0.2) is 29.1 Å². The average molecular weight is 424 g/mol. The molecule has 1 saturated heterocycles. The van der Waals surface area contributed by atoms with E-state index in [-0.39, 0.29) is 6.54 Å². The van der Waals surface area contributed by atoms with Crippen molar-refractivity contribution in [1.29, 1.82) is 0 Å². The highest BCUT2D eigenvalue weighted by atomic mass is 19.3. The van der Waals surface area contributed by atoms with Crippen LogP contribution in [0.1, 0.15) is 35.2 Å². The SMILES string of the molecule is CC(=O)[C@@]1(c2nc(C(=O)N(C)Cc3ccc(F)cc3)c(O)c(=O)[nH]2)CC(F)(F)CN1. The number of aromatic nitrogens is 2. The summed E-state index contributed by atoms with van der Waals surface area (Å²) in [5.74, 6) is -6.78. The maximum Gasteiger partial charge on any atom is 0.294 e. The van der Waals surface area contributed by atoms with Crippen molar-refractivity contribution in [3.05, 3.63) is 57.5 Å². The van der Waals surface area contributed by atoms with E-state index in [4.69, 9.17) is 0 Å². The fraction of sp³-hybridized carbons (Fsp3) is 0.368. The van der Waals surface area contributed by atoms with Gasteiger partial charge in [0.2, 0.25) is 5.75 Å². The number of ketones is 1. The fourth-order valence-corrected chi connectivity index (χ4v) is 3.31. The first-order chi connectivity index (χ1) is 13.9. The number of carbonyl (C=O) groups is 2. The largest absolute Gasteiger partial charge is 0.501 e. The lowest BCUT2D eigenvalue weighted by molar-refractivity contribution is -0.124. The van der Waals surface area contributed by atoms with E-state index < -0.39 is 64.8 Å². The van der Waals surface area contributed by atoms with E-state index in [9.17, 15) is 32.7 Å². The summed E-state index contributed by atoms with van der Waals surface area (Å²) >= 11 is 0. The normalized spacial score (nSPS) is 20.2. The lowest BCUT2D eigenvalue weighted by Gasteiger charge is -2.26. The maximum absolute atomic E-state index is 13.8. The smallest absolute Gasteiger partial charge is 0.294 e. The summed E-state index contributed by atoms with van der Waals surface area (Å²) in [6, 6.07) is 5.31. The highest BCUT2D eigenvalue weighted by Crippen LogP contribution is 2.38. The van der Waals surface area contributed by atoms with Crippen LogP contribution < -0.4 is 10.9 Å². The van der Waals surface area contributed by atoms with Gasteiger partial charge in [0.1, 0.15) is 17.2 Å². The minimum Gasteiger partial charge on any atom is -0.501 e. The topological polar surface area (TPSA) is 115 Å². The van der Waals surface area contributed by atoms with Crippen molar-refractivity contribution in [2.24, 2.45) is 0 Å². The number of carbonyl (C=O) groups excluding carboxylic acids is 2. The Hall–Kier alpha value is -3.21. The molecule has 0 radical (unpaired) electrons. The van der Waals surface area contributed by atoms with Crippen LogP contribution in [0, 0.1) is 5.82 Å². The van der Waals surface area contributed by atoms with Gasteiger partial charge in [0.05, 0.1) is 6.54 Å². The Balaban J connectivity index is 1.98. The molecule has 160 valence electrons. The van der Waals surface area contributed by atoms with Gasteiger partial charge in [-0.3, -0.25) is 19.7 Å². The van der Waals surface area contributed by atoms with Gasteiger partial charge in [-0.1, -0.05) is 12.1 Å². The van der Waals surface area contributed by atoms with E-state index in [0.29, 0.717) is 5.56 Å². The van der Waals surface area contributed by atoms with Gasteiger partial charge in [-0.05, 0) is 24.6 Å². The van der Waals surface area contributed by atoms with Gasteiger partial charge in [0.15, 0.2) is 11.5 Å². The van der Waals surface area contributed by atoms with Crippen LogP contribution in [-0.4, -0.2) is 51.2 Å². The molecule has 1 aliphatic heterocycles. The molecule has 2 heterocycles. The third-order valence-corrected chi connectivity index (χ3v) is 4.96. The Morgan fingerprint density at radius 3 is 2.43 bits per heavy atom. The minimum absolute atomic E-state index is 0.00343. The zero-order valence-corrected chi connectivity index (χ0v) is 16.1. The summed E-state index contributed by atoms with van der Waals surface area (Å²) < 4.78 is 40.7. The molecular weight excluding hydrogens is 405 g/mol. The molecule has 1 amide bonds. The van der Waals surface area contributed by atoms with E-state index in [0.717, 1.165) is 11.8 Å². The molecule has 2 aromatic rings.